The lowest BCUT2D eigenvalue weighted by molar-refractivity contribution is -0.293. The highest BCUT2D eigenvalue weighted by Gasteiger charge is 2.21. The molecule has 0 aromatic rings. The Morgan fingerprint density at radius 3 is 2.80 bits per heavy atom. The number of hydrogen-bond donors (Lipinski definition) is 2. The molecule has 6 heteroatoms. The van der Waals surface area contributed by atoms with Crippen molar-refractivity contribution < 1.29 is 24.1 Å². The van der Waals surface area contributed by atoms with Gasteiger partial charge < -0.3 is 24.6 Å². The quantitative estimate of drug-likeness (QED) is 0.661. The Labute approximate surface area is 88.5 Å². The molecule has 0 bridgehead atoms. The molecule has 0 spiro atoms. The maximum atomic E-state index is 11.2. The standard InChI is InChI=1S/C9H17NO5/c1-2-3-4-13-8(11)10-7-5-14-9(12)15-6-7/h7,9,12H,2-6H2,1H3,(H,10,11). The average molecular weight is 219 g/mol. The molecule has 6 nitrogen and oxygen atoms in total. The minimum atomic E-state index is -1.18. The summed E-state index contributed by atoms with van der Waals surface area (Å²) in [4.78, 5) is 11.2. The molecule has 1 amide bonds. The van der Waals surface area contributed by atoms with Crippen LogP contribution in [0.2, 0.25) is 0 Å². The number of alkyl carbamates (subject to hydrolysis) is 1. The van der Waals surface area contributed by atoms with E-state index in [1.165, 1.54) is 0 Å². The van der Waals surface area contributed by atoms with Crippen LogP contribution in [0, 0.1) is 0 Å². The average Bonchev–Trinajstić information content (AvgIpc) is 2.22. The van der Waals surface area contributed by atoms with Gasteiger partial charge in [0.1, 0.15) is 0 Å². The van der Waals surface area contributed by atoms with Gasteiger partial charge in [-0.2, -0.15) is 0 Å². The second-order valence-corrected chi connectivity index (χ2v) is 3.30. The van der Waals surface area contributed by atoms with Crippen molar-refractivity contribution in [3.8, 4) is 0 Å². The summed E-state index contributed by atoms with van der Waals surface area (Å²) in [6.45, 7) is 1.71. The van der Waals surface area contributed by atoms with Gasteiger partial charge in [0.05, 0.1) is 25.9 Å². The fourth-order valence-corrected chi connectivity index (χ4v) is 1.09. The summed E-state index contributed by atoms with van der Waals surface area (Å²) in [6.07, 6.45) is 1.36. The molecule has 88 valence electrons. The van der Waals surface area contributed by atoms with Gasteiger partial charge >= 0.3 is 6.09 Å². The predicted molar refractivity (Wildman–Crippen MR) is 51.1 cm³/mol. The summed E-state index contributed by atoms with van der Waals surface area (Å²) in [7, 11) is 0. The molecule has 1 aliphatic heterocycles. The van der Waals surface area contributed by atoms with E-state index in [9.17, 15) is 4.79 Å². The molecule has 0 radical (unpaired) electrons. The molecule has 0 unspecified atom stereocenters. The van der Waals surface area contributed by atoms with E-state index >= 15 is 0 Å². The first-order chi connectivity index (χ1) is 7.22. The second kappa shape index (κ2) is 6.60. The van der Waals surface area contributed by atoms with Gasteiger partial charge in [-0.05, 0) is 6.42 Å². The molecule has 0 atom stereocenters. The number of aliphatic hydroxyl groups excluding tert-OH is 1. The molecule has 0 saturated carbocycles. The van der Waals surface area contributed by atoms with Crippen LogP contribution in [-0.2, 0) is 14.2 Å². The zero-order chi connectivity index (χ0) is 11.1. The number of ether oxygens (including phenoxy) is 3. The zero-order valence-electron chi connectivity index (χ0n) is 8.77. The van der Waals surface area contributed by atoms with Gasteiger partial charge in [-0.15, -0.1) is 0 Å². The Balaban J connectivity index is 2.09. The van der Waals surface area contributed by atoms with E-state index < -0.39 is 12.6 Å². The van der Waals surface area contributed by atoms with Crippen molar-refractivity contribution in [2.45, 2.75) is 32.3 Å². The normalized spacial score (nSPS) is 26.0. The van der Waals surface area contributed by atoms with Gasteiger partial charge in [-0.3, -0.25) is 0 Å². The van der Waals surface area contributed by atoms with E-state index in [1.807, 2.05) is 6.92 Å². The van der Waals surface area contributed by atoms with Crippen molar-refractivity contribution in [2.75, 3.05) is 19.8 Å². The van der Waals surface area contributed by atoms with Crippen LogP contribution in [0.15, 0.2) is 0 Å². The largest absolute Gasteiger partial charge is 0.450 e. The van der Waals surface area contributed by atoms with Crippen LogP contribution >= 0.6 is 0 Å². The maximum absolute atomic E-state index is 11.2. The van der Waals surface area contributed by atoms with Crippen LogP contribution in [0.5, 0.6) is 0 Å². The summed E-state index contributed by atoms with van der Waals surface area (Å²) in [5.74, 6) is 0. The number of carbonyl (C=O) groups is 1. The van der Waals surface area contributed by atoms with E-state index in [2.05, 4.69) is 5.32 Å². The molecule has 1 fully saturated rings. The Morgan fingerprint density at radius 2 is 2.20 bits per heavy atom. The van der Waals surface area contributed by atoms with Crippen LogP contribution in [0.3, 0.4) is 0 Å². The first-order valence-electron chi connectivity index (χ1n) is 5.07. The van der Waals surface area contributed by atoms with Crippen molar-refractivity contribution in [2.24, 2.45) is 0 Å². The molecular formula is C9H17NO5. The SMILES string of the molecule is CCCCOC(=O)NC1COC(O)OC1. The summed E-state index contributed by atoms with van der Waals surface area (Å²) in [6, 6.07) is -0.262. The van der Waals surface area contributed by atoms with Gasteiger partial charge in [-0.25, -0.2) is 4.79 Å². The minimum absolute atomic E-state index is 0.226. The van der Waals surface area contributed by atoms with Gasteiger partial charge in [-0.1, -0.05) is 13.3 Å². The van der Waals surface area contributed by atoms with E-state index in [4.69, 9.17) is 19.3 Å². The molecule has 1 heterocycles. The van der Waals surface area contributed by atoms with Crippen molar-refractivity contribution in [3.63, 3.8) is 0 Å². The Kier molecular flexibility index (Phi) is 5.38. The monoisotopic (exact) mass is 219 g/mol. The number of rotatable bonds is 4. The highest BCUT2D eigenvalue weighted by molar-refractivity contribution is 5.67. The summed E-state index contributed by atoms with van der Waals surface area (Å²) < 4.78 is 14.4. The second-order valence-electron chi connectivity index (χ2n) is 3.30. The molecular weight excluding hydrogens is 202 g/mol. The van der Waals surface area contributed by atoms with Crippen LogP contribution in [0.4, 0.5) is 4.79 Å². The lowest BCUT2D eigenvalue weighted by Crippen LogP contribution is -2.47. The molecule has 1 rings (SSSR count). The molecule has 1 saturated heterocycles. The van der Waals surface area contributed by atoms with E-state index in [0.717, 1.165) is 12.8 Å². The third kappa shape index (κ3) is 4.96. The molecule has 0 aromatic carbocycles. The fraction of sp³-hybridized carbons (Fsp3) is 0.889. The lowest BCUT2D eigenvalue weighted by Gasteiger charge is -2.26. The van der Waals surface area contributed by atoms with Gasteiger partial charge in [0, 0.05) is 0 Å². The molecule has 15 heavy (non-hydrogen) atoms. The van der Waals surface area contributed by atoms with Crippen LogP contribution in [0.25, 0.3) is 0 Å². The van der Waals surface area contributed by atoms with Crippen molar-refractivity contribution in [1.82, 2.24) is 5.32 Å². The number of unbranched alkanes of at least 4 members (excludes halogenated alkanes) is 1. The Morgan fingerprint density at radius 1 is 1.53 bits per heavy atom. The fourth-order valence-electron chi connectivity index (χ4n) is 1.09. The van der Waals surface area contributed by atoms with Crippen LogP contribution < -0.4 is 5.32 Å². The number of hydrogen-bond acceptors (Lipinski definition) is 5. The van der Waals surface area contributed by atoms with Crippen molar-refractivity contribution >= 4 is 6.09 Å². The first kappa shape index (κ1) is 12.2. The van der Waals surface area contributed by atoms with Gasteiger partial charge in [0.2, 0.25) is 0 Å². The summed E-state index contributed by atoms with van der Waals surface area (Å²) in [5.41, 5.74) is 0. The highest BCUT2D eigenvalue weighted by Crippen LogP contribution is 2.02. The minimum Gasteiger partial charge on any atom is -0.450 e. The molecule has 0 aliphatic carbocycles. The number of aliphatic hydroxyl groups is 1. The van der Waals surface area contributed by atoms with Crippen molar-refractivity contribution in [3.05, 3.63) is 0 Å². The van der Waals surface area contributed by atoms with Gasteiger partial charge in [0.25, 0.3) is 6.48 Å². The maximum Gasteiger partial charge on any atom is 0.407 e. The number of amides is 1. The smallest absolute Gasteiger partial charge is 0.407 e. The topological polar surface area (TPSA) is 77.0 Å². The third-order valence-electron chi connectivity index (χ3n) is 1.93. The van der Waals surface area contributed by atoms with E-state index in [0.29, 0.717) is 6.61 Å². The van der Waals surface area contributed by atoms with Crippen LogP contribution in [0.1, 0.15) is 19.8 Å². The van der Waals surface area contributed by atoms with Gasteiger partial charge in [0.15, 0.2) is 0 Å². The predicted octanol–water partition coefficient (Wildman–Crippen LogP) is 0.204. The zero-order valence-corrected chi connectivity index (χ0v) is 8.77. The molecule has 0 aromatic heterocycles. The summed E-state index contributed by atoms with van der Waals surface area (Å²) in [5, 5.41) is 11.4. The lowest BCUT2D eigenvalue weighted by atomic mass is 10.3. The highest BCUT2D eigenvalue weighted by atomic mass is 16.8. The van der Waals surface area contributed by atoms with Crippen molar-refractivity contribution in [1.29, 1.82) is 0 Å². The number of carbonyl (C=O) groups excluding carboxylic acids is 1. The Hall–Kier alpha value is -0.850. The summed E-state index contributed by atoms with van der Waals surface area (Å²) >= 11 is 0. The first-order valence-corrected chi connectivity index (χ1v) is 5.07. The van der Waals surface area contributed by atoms with E-state index in [-0.39, 0.29) is 19.3 Å². The third-order valence-corrected chi connectivity index (χ3v) is 1.93. The van der Waals surface area contributed by atoms with E-state index in [1.54, 1.807) is 0 Å². The number of nitrogens with one attached hydrogen (secondary N) is 1. The van der Waals surface area contributed by atoms with Crippen LogP contribution in [-0.4, -0.2) is 43.5 Å². The Bertz CT molecular complexity index is 191. The molecule has 2 N–H and O–H groups in total. The molecule has 1 aliphatic rings.